The van der Waals surface area contributed by atoms with Crippen LogP contribution in [-0.2, 0) is 0 Å². The van der Waals surface area contributed by atoms with E-state index in [2.05, 4.69) is 0 Å². The highest BCUT2D eigenvalue weighted by Gasteiger charge is 2.23. The van der Waals surface area contributed by atoms with E-state index >= 15 is 0 Å². The van der Waals surface area contributed by atoms with Gasteiger partial charge in [-0.15, -0.1) is 0 Å². The van der Waals surface area contributed by atoms with Crippen LogP contribution in [0.3, 0.4) is 0 Å². The van der Waals surface area contributed by atoms with Gasteiger partial charge in [-0.1, -0.05) is 54.6 Å². The molecule has 134 valence electrons. The summed E-state index contributed by atoms with van der Waals surface area (Å²) in [4.78, 5) is 11.9. The summed E-state index contributed by atoms with van der Waals surface area (Å²) in [6.45, 7) is 0. The molecule has 0 bridgehead atoms. The van der Waals surface area contributed by atoms with Crippen LogP contribution in [0.1, 0.15) is 10.4 Å². The SMILES string of the molecule is COc1ccc2ccccc2c1-c1c(OC)c(C(=O)O)cc2ccccc12. The molecule has 0 aliphatic heterocycles. The molecule has 0 amide bonds. The lowest BCUT2D eigenvalue weighted by Gasteiger charge is -2.19. The van der Waals surface area contributed by atoms with Crippen molar-refractivity contribution in [2.75, 3.05) is 14.2 Å². The Bertz CT molecular complexity index is 1180. The molecule has 1 N–H and O–H groups in total. The van der Waals surface area contributed by atoms with Crippen LogP contribution in [0, 0.1) is 0 Å². The fraction of sp³-hybridized carbons (Fsp3) is 0.0870. The first-order valence-electron chi connectivity index (χ1n) is 8.55. The van der Waals surface area contributed by atoms with Gasteiger partial charge in [-0.2, -0.15) is 0 Å². The van der Waals surface area contributed by atoms with Crippen LogP contribution in [0.5, 0.6) is 11.5 Å². The third-order valence-electron chi connectivity index (χ3n) is 4.80. The summed E-state index contributed by atoms with van der Waals surface area (Å²) >= 11 is 0. The molecule has 0 aromatic heterocycles. The summed E-state index contributed by atoms with van der Waals surface area (Å²) in [5.74, 6) is -0.0337. The van der Waals surface area contributed by atoms with Crippen molar-refractivity contribution in [1.29, 1.82) is 0 Å². The Morgan fingerprint density at radius 1 is 0.778 bits per heavy atom. The zero-order valence-electron chi connectivity index (χ0n) is 15.0. The Morgan fingerprint density at radius 2 is 1.41 bits per heavy atom. The zero-order chi connectivity index (χ0) is 19.0. The number of carboxylic acids is 1. The third-order valence-corrected chi connectivity index (χ3v) is 4.80. The molecular formula is C23H18O4. The highest BCUT2D eigenvalue weighted by Crippen LogP contribution is 2.46. The van der Waals surface area contributed by atoms with E-state index in [1.165, 1.54) is 7.11 Å². The van der Waals surface area contributed by atoms with Crippen LogP contribution in [0.15, 0.2) is 66.7 Å². The Morgan fingerprint density at radius 3 is 2.04 bits per heavy atom. The quantitative estimate of drug-likeness (QED) is 0.532. The fourth-order valence-electron chi connectivity index (χ4n) is 3.63. The van der Waals surface area contributed by atoms with Crippen molar-refractivity contribution in [3.05, 3.63) is 72.3 Å². The molecule has 0 heterocycles. The largest absolute Gasteiger partial charge is 0.496 e. The van der Waals surface area contributed by atoms with E-state index in [9.17, 15) is 9.90 Å². The first-order chi connectivity index (χ1) is 13.2. The molecule has 0 aliphatic carbocycles. The van der Waals surface area contributed by atoms with Crippen molar-refractivity contribution in [2.24, 2.45) is 0 Å². The molecular weight excluding hydrogens is 340 g/mol. The Hall–Kier alpha value is -3.53. The number of hydrogen-bond acceptors (Lipinski definition) is 3. The summed E-state index contributed by atoms with van der Waals surface area (Å²) in [5.41, 5.74) is 1.68. The molecule has 0 radical (unpaired) electrons. The van der Waals surface area contributed by atoms with Crippen LogP contribution in [0.4, 0.5) is 0 Å². The van der Waals surface area contributed by atoms with E-state index in [4.69, 9.17) is 9.47 Å². The van der Waals surface area contributed by atoms with Gasteiger partial charge < -0.3 is 14.6 Å². The summed E-state index contributed by atoms with van der Waals surface area (Å²) in [5, 5.41) is 13.5. The highest BCUT2D eigenvalue weighted by molar-refractivity contribution is 6.13. The van der Waals surface area contributed by atoms with Crippen LogP contribution in [0.2, 0.25) is 0 Å². The van der Waals surface area contributed by atoms with Gasteiger partial charge in [0, 0.05) is 11.1 Å². The van der Waals surface area contributed by atoms with E-state index in [-0.39, 0.29) is 5.56 Å². The molecule has 0 saturated heterocycles. The number of fused-ring (bicyclic) bond motifs is 2. The minimum atomic E-state index is -1.03. The highest BCUT2D eigenvalue weighted by atomic mass is 16.5. The maximum absolute atomic E-state index is 11.9. The normalized spacial score (nSPS) is 10.9. The van der Waals surface area contributed by atoms with Gasteiger partial charge in [0.25, 0.3) is 0 Å². The number of aromatic carboxylic acids is 1. The molecule has 0 atom stereocenters. The van der Waals surface area contributed by atoms with E-state index in [1.54, 1.807) is 13.2 Å². The van der Waals surface area contributed by atoms with Gasteiger partial charge in [-0.05, 0) is 33.7 Å². The number of benzene rings is 4. The van der Waals surface area contributed by atoms with Gasteiger partial charge in [-0.25, -0.2) is 4.79 Å². The first kappa shape index (κ1) is 16.9. The molecule has 0 unspecified atom stereocenters. The van der Waals surface area contributed by atoms with Gasteiger partial charge in [0.05, 0.1) is 14.2 Å². The van der Waals surface area contributed by atoms with Gasteiger partial charge in [0.1, 0.15) is 17.1 Å². The van der Waals surface area contributed by atoms with Gasteiger partial charge >= 0.3 is 5.97 Å². The minimum Gasteiger partial charge on any atom is -0.496 e. The molecule has 4 rings (SSSR count). The lowest BCUT2D eigenvalue weighted by atomic mass is 9.90. The smallest absolute Gasteiger partial charge is 0.339 e. The average Bonchev–Trinajstić information content (AvgIpc) is 2.71. The van der Waals surface area contributed by atoms with Crippen molar-refractivity contribution < 1.29 is 19.4 Å². The second-order valence-electron chi connectivity index (χ2n) is 6.22. The maximum atomic E-state index is 11.9. The monoisotopic (exact) mass is 358 g/mol. The lowest BCUT2D eigenvalue weighted by Crippen LogP contribution is -2.03. The lowest BCUT2D eigenvalue weighted by molar-refractivity contribution is 0.0693. The summed E-state index contributed by atoms with van der Waals surface area (Å²) in [6, 6.07) is 21.2. The minimum absolute atomic E-state index is 0.126. The summed E-state index contributed by atoms with van der Waals surface area (Å²) in [7, 11) is 3.11. The van der Waals surface area contributed by atoms with Gasteiger partial charge in [0.2, 0.25) is 0 Å². The van der Waals surface area contributed by atoms with Crippen molar-refractivity contribution in [3.63, 3.8) is 0 Å². The third kappa shape index (κ3) is 2.66. The first-order valence-corrected chi connectivity index (χ1v) is 8.55. The van der Waals surface area contributed by atoms with Crippen LogP contribution >= 0.6 is 0 Å². The number of carboxylic acid groups (broad SMARTS) is 1. The zero-order valence-corrected chi connectivity index (χ0v) is 15.0. The van der Waals surface area contributed by atoms with Crippen LogP contribution < -0.4 is 9.47 Å². The van der Waals surface area contributed by atoms with Crippen molar-refractivity contribution in [3.8, 4) is 22.6 Å². The second-order valence-corrected chi connectivity index (χ2v) is 6.22. The van der Waals surface area contributed by atoms with Crippen molar-refractivity contribution >= 4 is 27.5 Å². The number of methoxy groups -OCH3 is 2. The van der Waals surface area contributed by atoms with Crippen molar-refractivity contribution in [2.45, 2.75) is 0 Å². The molecule has 4 aromatic rings. The predicted molar refractivity (Wildman–Crippen MR) is 107 cm³/mol. The van der Waals surface area contributed by atoms with Gasteiger partial charge in [0.15, 0.2) is 0 Å². The molecule has 4 aromatic carbocycles. The average molecular weight is 358 g/mol. The summed E-state index contributed by atoms with van der Waals surface area (Å²) < 4.78 is 11.3. The number of ether oxygens (including phenoxy) is 2. The molecule has 27 heavy (non-hydrogen) atoms. The topological polar surface area (TPSA) is 55.8 Å². The van der Waals surface area contributed by atoms with Crippen molar-refractivity contribution in [1.82, 2.24) is 0 Å². The fourth-order valence-corrected chi connectivity index (χ4v) is 3.63. The predicted octanol–water partition coefficient (Wildman–Crippen LogP) is 5.38. The maximum Gasteiger partial charge on any atom is 0.339 e. The number of carbonyl (C=O) groups is 1. The van der Waals surface area contributed by atoms with Crippen LogP contribution in [0.25, 0.3) is 32.7 Å². The van der Waals surface area contributed by atoms with E-state index < -0.39 is 5.97 Å². The second kappa shape index (κ2) is 6.65. The van der Waals surface area contributed by atoms with E-state index in [1.807, 2.05) is 60.7 Å². The van der Waals surface area contributed by atoms with E-state index in [0.29, 0.717) is 11.5 Å². The molecule has 4 nitrogen and oxygen atoms in total. The Balaban J connectivity index is 2.26. The number of rotatable bonds is 4. The summed E-state index contributed by atoms with van der Waals surface area (Å²) in [6.07, 6.45) is 0. The van der Waals surface area contributed by atoms with Gasteiger partial charge in [-0.3, -0.25) is 0 Å². The standard InChI is InChI=1S/C23H18O4/c1-26-19-12-11-14-7-3-5-9-16(14)20(19)21-17-10-6-4-8-15(17)13-18(23(24)25)22(21)27-2/h3-13H,1-2H3,(H,24,25). The van der Waals surface area contributed by atoms with E-state index in [0.717, 1.165) is 32.7 Å². The molecule has 0 saturated carbocycles. The Kier molecular flexibility index (Phi) is 4.16. The van der Waals surface area contributed by atoms with Crippen LogP contribution in [-0.4, -0.2) is 25.3 Å². The number of hydrogen-bond donors (Lipinski definition) is 1. The molecule has 0 spiro atoms. The Labute approximate surface area is 156 Å². The molecule has 0 aliphatic rings. The molecule has 4 heteroatoms. The molecule has 0 fully saturated rings.